The number of amides is 1. The summed E-state index contributed by atoms with van der Waals surface area (Å²) in [4.78, 5) is 25.7. The molecule has 1 aliphatic rings. The Morgan fingerprint density at radius 1 is 1.15 bits per heavy atom. The van der Waals surface area contributed by atoms with Crippen molar-refractivity contribution in [3.63, 3.8) is 0 Å². The largest absolute Gasteiger partial charge is 0.478 e. The van der Waals surface area contributed by atoms with Crippen molar-refractivity contribution in [2.45, 2.75) is 32.8 Å². The van der Waals surface area contributed by atoms with Crippen molar-refractivity contribution in [2.24, 2.45) is 0 Å². The number of para-hydroxylation sites is 1. The second-order valence-electron chi connectivity index (χ2n) is 7.19. The smallest absolute Gasteiger partial charge is 0.412 e. The minimum atomic E-state index is -1.11. The van der Waals surface area contributed by atoms with E-state index in [0.29, 0.717) is 0 Å². The van der Waals surface area contributed by atoms with Crippen LogP contribution in [-0.2, 0) is 11.2 Å². The van der Waals surface area contributed by atoms with Gasteiger partial charge in [0, 0.05) is 17.9 Å². The third-order valence-electron chi connectivity index (χ3n) is 4.07. The molecule has 0 radical (unpaired) electrons. The van der Waals surface area contributed by atoms with Gasteiger partial charge in [-0.3, -0.25) is 5.32 Å². The highest BCUT2D eigenvalue weighted by Gasteiger charge is 2.23. The number of ether oxygens (including phenoxy) is 1. The van der Waals surface area contributed by atoms with Gasteiger partial charge in [0.1, 0.15) is 5.60 Å². The minimum absolute atomic E-state index is 0.0257. The number of benzene rings is 2. The van der Waals surface area contributed by atoms with Gasteiger partial charge in [-0.2, -0.15) is 0 Å². The van der Waals surface area contributed by atoms with Gasteiger partial charge in [0.25, 0.3) is 0 Å². The normalized spacial score (nSPS) is 13.3. The number of nitrogens with zero attached hydrogens (tertiary/aromatic N) is 1. The third kappa shape index (κ3) is 3.79. The maximum absolute atomic E-state index is 12.0. The first-order valence-corrected chi connectivity index (χ1v) is 8.47. The minimum Gasteiger partial charge on any atom is -0.478 e. The lowest BCUT2D eigenvalue weighted by molar-refractivity contribution is 0.0636. The molecule has 2 N–H and O–H groups in total. The van der Waals surface area contributed by atoms with Crippen molar-refractivity contribution < 1.29 is 19.4 Å². The Morgan fingerprint density at radius 2 is 1.88 bits per heavy atom. The van der Waals surface area contributed by atoms with Crippen LogP contribution in [0.3, 0.4) is 0 Å². The average molecular weight is 354 g/mol. The Labute approximate surface area is 152 Å². The summed E-state index contributed by atoms with van der Waals surface area (Å²) in [6, 6.07) is 13.1. The molecule has 0 aromatic heterocycles. The summed E-state index contributed by atoms with van der Waals surface area (Å²) >= 11 is 0. The molecule has 0 atom stereocenters. The fourth-order valence-corrected chi connectivity index (χ4v) is 3.01. The van der Waals surface area contributed by atoms with Crippen LogP contribution < -0.4 is 10.2 Å². The van der Waals surface area contributed by atoms with Crippen LogP contribution in [0.15, 0.2) is 42.5 Å². The number of carbonyl (C=O) groups excluding carboxylic acids is 1. The molecule has 26 heavy (non-hydrogen) atoms. The van der Waals surface area contributed by atoms with Crippen molar-refractivity contribution in [2.75, 3.05) is 16.8 Å². The summed E-state index contributed by atoms with van der Waals surface area (Å²) in [5.74, 6) is -1.11. The highest BCUT2D eigenvalue weighted by atomic mass is 16.6. The highest BCUT2D eigenvalue weighted by molar-refractivity contribution is 6.00. The predicted molar refractivity (Wildman–Crippen MR) is 100 cm³/mol. The first-order valence-electron chi connectivity index (χ1n) is 8.47. The molecule has 0 bridgehead atoms. The molecular weight excluding hydrogens is 332 g/mol. The van der Waals surface area contributed by atoms with E-state index in [4.69, 9.17) is 4.74 Å². The molecule has 0 saturated carbocycles. The summed E-state index contributed by atoms with van der Waals surface area (Å²) < 4.78 is 5.20. The molecule has 0 aliphatic carbocycles. The van der Waals surface area contributed by atoms with Gasteiger partial charge in [-0.1, -0.05) is 18.2 Å². The standard InChI is InChI=1S/C20H22N2O4/c1-20(2,3)26-19(25)21-16-9-8-14(12-15(16)18(23)24)22-11-10-13-6-4-5-7-17(13)22/h4-9,12H,10-11H2,1-3H3,(H,21,25)(H,23,24). The Morgan fingerprint density at radius 3 is 2.58 bits per heavy atom. The van der Waals surface area contributed by atoms with Gasteiger partial charge in [-0.05, 0) is 57.0 Å². The van der Waals surface area contributed by atoms with Gasteiger partial charge in [0.2, 0.25) is 0 Å². The lowest BCUT2D eigenvalue weighted by Crippen LogP contribution is -2.27. The third-order valence-corrected chi connectivity index (χ3v) is 4.07. The van der Waals surface area contributed by atoms with E-state index >= 15 is 0 Å². The predicted octanol–water partition coefficient (Wildman–Crippen LogP) is 4.43. The summed E-state index contributed by atoms with van der Waals surface area (Å²) in [6.45, 7) is 6.03. The number of carbonyl (C=O) groups is 2. The molecule has 0 spiro atoms. The molecule has 1 heterocycles. The zero-order valence-electron chi connectivity index (χ0n) is 15.1. The van der Waals surface area contributed by atoms with Gasteiger partial charge < -0.3 is 14.7 Å². The molecule has 3 rings (SSSR count). The Balaban J connectivity index is 1.89. The van der Waals surface area contributed by atoms with Crippen molar-refractivity contribution in [1.29, 1.82) is 0 Å². The number of nitrogens with one attached hydrogen (secondary N) is 1. The molecule has 136 valence electrons. The van der Waals surface area contributed by atoms with Gasteiger partial charge in [0.15, 0.2) is 0 Å². The molecular formula is C20H22N2O4. The van der Waals surface area contributed by atoms with E-state index < -0.39 is 17.7 Å². The molecule has 2 aromatic carbocycles. The van der Waals surface area contributed by atoms with Crippen LogP contribution in [-0.4, -0.2) is 29.3 Å². The van der Waals surface area contributed by atoms with E-state index in [1.54, 1.807) is 39.0 Å². The van der Waals surface area contributed by atoms with Crippen LogP contribution in [0, 0.1) is 0 Å². The average Bonchev–Trinajstić information content (AvgIpc) is 2.97. The number of carboxylic acids is 1. The maximum atomic E-state index is 12.0. The Hall–Kier alpha value is -3.02. The monoisotopic (exact) mass is 354 g/mol. The van der Waals surface area contributed by atoms with E-state index in [1.165, 1.54) is 5.56 Å². The van der Waals surface area contributed by atoms with Crippen molar-refractivity contribution in [1.82, 2.24) is 0 Å². The van der Waals surface area contributed by atoms with Crippen LogP contribution in [0.4, 0.5) is 21.9 Å². The number of hydrogen-bond acceptors (Lipinski definition) is 4. The summed E-state index contributed by atoms with van der Waals surface area (Å²) in [5.41, 5.74) is 2.67. The first kappa shape index (κ1) is 17.8. The quantitative estimate of drug-likeness (QED) is 0.853. The fourth-order valence-electron chi connectivity index (χ4n) is 3.01. The van der Waals surface area contributed by atoms with Gasteiger partial charge >= 0.3 is 12.1 Å². The second kappa shape index (κ2) is 6.71. The number of fused-ring (bicyclic) bond motifs is 1. The summed E-state index contributed by atoms with van der Waals surface area (Å²) in [5, 5.41) is 12.1. The molecule has 1 amide bonds. The molecule has 6 nitrogen and oxygen atoms in total. The topological polar surface area (TPSA) is 78.9 Å². The van der Waals surface area contributed by atoms with E-state index in [-0.39, 0.29) is 11.3 Å². The number of aromatic carboxylic acids is 1. The number of hydrogen-bond donors (Lipinski definition) is 2. The molecule has 1 aliphatic heterocycles. The zero-order chi connectivity index (χ0) is 18.9. The van der Waals surface area contributed by atoms with E-state index in [2.05, 4.69) is 16.3 Å². The summed E-state index contributed by atoms with van der Waals surface area (Å²) in [7, 11) is 0. The van der Waals surface area contributed by atoms with Crippen molar-refractivity contribution >= 4 is 29.1 Å². The van der Waals surface area contributed by atoms with Crippen molar-refractivity contribution in [3.8, 4) is 0 Å². The first-order chi connectivity index (χ1) is 12.2. The SMILES string of the molecule is CC(C)(C)OC(=O)Nc1ccc(N2CCc3ccccc32)cc1C(=O)O. The van der Waals surface area contributed by atoms with Crippen LogP contribution in [0.2, 0.25) is 0 Å². The van der Waals surface area contributed by atoms with E-state index in [0.717, 1.165) is 24.3 Å². The molecule has 6 heteroatoms. The number of carboxylic acid groups (broad SMARTS) is 1. The van der Waals surface area contributed by atoms with Gasteiger partial charge in [0.05, 0.1) is 11.3 Å². The second-order valence-corrected chi connectivity index (χ2v) is 7.19. The maximum Gasteiger partial charge on any atom is 0.412 e. The van der Waals surface area contributed by atoms with Gasteiger partial charge in [-0.15, -0.1) is 0 Å². The highest BCUT2D eigenvalue weighted by Crippen LogP contribution is 2.35. The Kier molecular flexibility index (Phi) is 4.59. The van der Waals surface area contributed by atoms with Crippen LogP contribution in [0.25, 0.3) is 0 Å². The lowest BCUT2D eigenvalue weighted by Gasteiger charge is -2.22. The van der Waals surface area contributed by atoms with E-state index in [9.17, 15) is 14.7 Å². The molecule has 2 aromatic rings. The lowest BCUT2D eigenvalue weighted by atomic mass is 10.1. The van der Waals surface area contributed by atoms with Crippen LogP contribution in [0.1, 0.15) is 36.7 Å². The van der Waals surface area contributed by atoms with Crippen LogP contribution in [0.5, 0.6) is 0 Å². The Bertz CT molecular complexity index is 855. The van der Waals surface area contributed by atoms with Gasteiger partial charge in [-0.25, -0.2) is 9.59 Å². The molecule has 0 fully saturated rings. The van der Waals surface area contributed by atoms with Crippen molar-refractivity contribution in [3.05, 3.63) is 53.6 Å². The van der Waals surface area contributed by atoms with Crippen LogP contribution >= 0.6 is 0 Å². The molecule has 0 unspecified atom stereocenters. The molecule has 0 saturated heterocycles. The zero-order valence-corrected chi connectivity index (χ0v) is 15.1. The fraction of sp³-hybridized carbons (Fsp3) is 0.300. The number of rotatable bonds is 3. The summed E-state index contributed by atoms with van der Waals surface area (Å²) in [6.07, 6.45) is 0.232. The number of anilines is 3. The van der Waals surface area contributed by atoms with E-state index in [1.807, 2.05) is 18.2 Å².